The molecule has 1 aliphatic rings. The van der Waals surface area contributed by atoms with Crippen molar-refractivity contribution in [2.45, 2.75) is 66.7 Å². The molecule has 0 saturated heterocycles. The van der Waals surface area contributed by atoms with Crippen LogP contribution in [-0.4, -0.2) is 0 Å². The fourth-order valence-electron chi connectivity index (χ4n) is 2.59. The Morgan fingerprint density at radius 2 is 1.65 bits per heavy atom. The average molecular weight is 272 g/mol. The Bertz CT molecular complexity index is 402. The summed E-state index contributed by atoms with van der Waals surface area (Å²) in [6, 6.07) is 0. The van der Waals surface area contributed by atoms with E-state index in [1.54, 1.807) is 5.57 Å². The van der Waals surface area contributed by atoms with Gasteiger partial charge in [-0.05, 0) is 64.7 Å². The molecule has 1 rings (SSSR count). The van der Waals surface area contributed by atoms with Crippen LogP contribution in [-0.2, 0) is 0 Å². The molecular formula is C20H32. The van der Waals surface area contributed by atoms with Crippen LogP contribution in [0, 0.1) is 11.8 Å². The molecule has 0 aliphatic heterocycles. The maximum Gasteiger partial charge on any atom is -0.0161 e. The largest absolute Gasteiger partial charge is 0.0853 e. The van der Waals surface area contributed by atoms with E-state index in [0.717, 1.165) is 12.3 Å². The Balaban J connectivity index is 2.85. The zero-order valence-electron chi connectivity index (χ0n) is 14.1. The Kier molecular flexibility index (Phi) is 7.65. The normalized spacial score (nSPS) is 25.5. The van der Waals surface area contributed by atoms with E-state index in [-0.39, 0.29) is 0 Å². The van der Waals surface area contributed by atoms with E-state index >= 15 is 0 Å². The van der Waals surface area contributed by atoms with Crippen LogP contribution >= 0.6 is 0 Å². The summed E-state index contributed by atoms with van der Waals surface area (Å²) in [5.74, 6) is 1.42. The van der Waals surface area contributed by atoms with Crippen LogP contribution in [0.5, 0.6) is 0 Å². The van der Waals surface area contributed by atoms with Crippen LogP contribution in [0.2, 0.25) is 0 Å². The fraction of sp³-hybridized carbons (Fsp3) is 0.600. The van der Waals surface area contributed by atoms with Gasteiger partial charge >= 0.3 is 0 Å². The Morgan fingerprint density at radius 1 is 0.950 bits per heavy atom. The summed E-state index contributed by atoms with van der Waals surface area (Å²) in [5, 5.41) is 0. The SMILES string of the molecule is CC1=CCC=C(C)CC/C=C(\C)CC[C@H](C(C)C)C=C1. The second-order valence-electron chi connectivity index (χ2n) is 6.63. The van der Waals surface area contributed by atoms with Crippen LogP contribution in [0.15, 0.2) is 47.1 Å². The maximum atomic E-state index is 2.44. The smallest absolute Gasteiger partial charge is 0.0161 e. The molecule has 1 atom stereocenters. The van der Waals surface area contributed by atoms with Crippen molar-refractivity contribution in [3.8, 4) is 0 Å². The zero-order chi connectivity index (χ0) is 15.0. The van der Waals surface area contributed by atoms with Gasteiger partial charge in [-0.25, -0.2) is 0 Å². The molecule has 0 heterocycles. The third-order valence-electron chi connectivity index (χ3n) is 4.27. The van der Waals surface area contributed by atoms with Crippen LogP contribution in [0.1, 0.15) is 66.7 Å². The number of hydrogen-bond donors (Lipinski definition) is 0. The first-order valence-corrected chi connectivity index (χ1v) is 8.15. The molecule has 0 saturated carbocycles. The van der Waals surface area contributed by atoms with Gasteiger partial charge in [0.25, 0.3) is 0 Å². The van der Waals surface area contributed by atoms with Crippen molar-refractivity contribution in [2.75, 3.05) is 0 Å². The minimum Gasteiger partial charge on any atom is -0.0853 e. The molecule has 0 heteroatoms. The molecule has 0 aromatic rings. The Morgan fingerprint density at radius 3 is 2.35 bits per heavy atom. The van der Waals surface area contributed by atoms with E-state index in [2.05, 4.69) is 65.0 Å². The lowest BCUT2D eigenvalue weighted by Crippen LogP contribution is -2.05. The molecule has 20 heavy (non-hydrogen) atoms. The summed E-state index contributed by atoms with van der Waals surface area (Å²) < 4.78 is 0. The lowest BCUT2D eigenvalue weighted by Gasteiger charge is -2.17. The van der Waals surface area contributed by atoms with Gasteiger partial charge in [0.2, 0.25) is 0 Å². The van der Waals surface area contributed by atoms with Gasteiger partial charge in [0.1, 0.15) is 0 Å². The highest BCUT2D eigenvalue weighted by atomic mass is 14.1. The van der Waals surface area contributed by atoms with Gasteiger partial charge in [0, 0.05) is 0 Å². The summed E-state index contributed by atoms with van der Waals surface area (Å²) >= 11 is 0. The van der Waals surface area contributed by atoms with E-state index in [0.29, 0.717) is 5.92 Å². The Labute approximate surface area is 126 Å². The summed E-state index contributed by atoms with van der Waals surface area (Å²) in [7, 11) is 0. The first-order chi connectivity index (χ1) is 9.49. The van der Waals surface area contributed by atoms with Crippen molar-refractivity contribution in [1.82, 2.24) is 0 Å². The van der Waals surface area contributed by atoms with Gasteiger partial charge < -0.3 is 0 Å². The van der Waals surface area contributed by atoms with Gasteiger partial charge in [-0.1, -0.05) is 60.9 Å². The van der Waals surface area contributed by atoms with E-state index in [1.165, 1.54) is 36.8 Å². The van der Waals surface area contributed by atoms with E-state index < -0.39 is 0 Å². The molecule has 0 amide bonds. The van der Waals surface area contributed by atoms with Crippen molar-refractivity contribution in [3.63, 3.8) is 0 Å². The van der Waals surface area contributed by atoms with Gasteiger partial charge in [-0.2, -0.15) is 0 Å². The summed E-state index contributed by atoms with van der Waals surface area (Å²) in [6.07, 6.45) is 17.9. The third-order valence-corrected chi connectivity index (χ3v) is 4.27. The molecule has 0 spiro atoms. The average Bonchev–Trinajstić information content (AvgIpc) is 2.37. The third kappa shape index (κ3) is 6.93. The highest BCUT2D eigenvalue weighted by Crippen LogP contribution is 2.23. The van der Waals surface area contributed by atoms with Crippen LogP contribution in [0.3, 0.4) is 0 Å². The fourth-order valence-corrected chi connectivity index (χ4v) is 2.59. The minimum atomic E-state index is 0.696. The minimum absolute atomic E-state index is 0.696. The Hall–Kier alpha value is -1.04. The van der Waals surface area contributed by atoms with Crippen LogP contribution in [0.25, 0.3) is 0 Å². The monoisotopic (exact) mass is 272 g/mol. The van der Waals surface area contributed by atoms with Crippen molar-refractivity contribution in [2.24, 2.45) is 11.8 Å². The van der Waals surface area contributed by atoms with Gasteiger partial charge in [-0.3, -0.25) is 0 Å². The molecule has 0 unspecified atom stereocenters. The van der Waals surface area contributed by atoms with Crippen molar-refractivity contribution < 1.29 is 0 Å². The molecule has 0 fully saturated rings. The highest BCUT2D eigenvalue weighted by Gasteiger charge is 2.09. The highest BCUT2D eigenvalue weighted by molar-refractivity contribution is 5.19. The summed E-state index contributed by atoms with van der Waals surface area (Å²) in [6.45, 7) is 11.4. The molecule has 0 aromatic carbocycles. The molecule has 0 nitrogen and oxygen atoms in total. The second-order valence-corrected chi connectivity index (χ2v) is 6.63. The van der Waals surface area contributed by atoms with Gasteiger partial charge in [-0.15, -0.1) is 0 Å². The molecule has 1 aliphatic carbocycles. The van der Waals surface area contributed by atoms with Crippen molar-refractivity contribution in [1.29, 1.82) is 0 Å². The lowest BCUT2D eigenvalue weighted by atomic mass is 9.88. The number of allylic oxidation sites excluding steroid dienone is 8. The lowest BCUT2D eigenvalue weighted by molar-refractivity contribution is 0.435. The first kappa shape index (κ1) is 17.0. The standard InChI is InChI=1S/C20H32/c1-16(2)20-14-12-18(4)10-6-8-17(3)9-7-11-19(5)13-15-20/h8,10-12,14,16,20H,6-7,9,13,15H2,1-5H3/b14-12?,17-8?,18-10?,19-11+/t20-/m1/s1. The second kappa shape index (κ2) is 9.00. The van der Waals surface area contributed by atoms with Crippen molar-refractivity contribution >= 4 is 0 Å². The van der Waals surface area contributed by atoms with E-state index in [9.17, 15) is 0 Å². The molecule has 0 N–H and O–H groups in total. The summed E-state index contributed by atoms with van der Waals surface area (Å²) in [4.78, 5) is 0. The number of hydrogen-bond acceptors (Lipinski definition) is 0. The van der Waals surface area contributed by atoms with Crippen LogP contribution in [0.4, 0.5) is 0 Å². The zero-order valence-corrected chi connectivity index (χ0v) is 14.1. The van der Waals surface area contributed by atoms with E-state index in [1.807, 2.05) is 0 Å². The van der Waals surface area contributed by atoms with E-state index in [4.69, 9.17) is 0 Å². The number of rotatable bonds is 1. The van der Waals surface area contributed by atoms with Crippen LogP contribution < -0.4 is 0 Å². The maximum absolute atomic E-state index is 2.44. The van der Waals surface area contributed by atoms with Gasteiger partial charge in [0.05, 0.1) is 0 Å². The predicted molar refractivity (Wildman–Crippen MR) is 91.8 cm³/mol. The molecule has 0 radical (unpaired) electrons. The molecular weight excluding hydrogens is 240 g/mol. The topological polar surface area (TPSA) is 0 Å². The van der Waals surface area contributed by atoms with Gasteiger partial charge in [0.15, 0.2) is 0 Å². The van der Waals surface area contributed by atoms with Crippen molar-refractivity contribution in [3.05, 3.63) is 47.1 Å². The predicted octanol–water partition coefficient (Wildman–Crippen LogP) is 6.62. The summed E-state index contributed by atoms with van der Waals surface area (Å²) in [5.41, 5.74) is 4.46. The molecule has 0 aromatic heterocycles. The molecule has 0 bridgehead atoms. The quantitative estimate of drug-likeness (QED) is 0.471. The first-order valence-electron chi connectivity index (χ1n) is 8.15. The molecule has 112 valence electrons.